The third-order valence-electron chi connectivity index (χ3n) is 10.8. The van der Waals surface area contributed by atoms with Crippen LogP contribution in [0.3, 0.4) is 0 Å². The molecule has 282 valence electrons. The Morgan fingerprint density at radius 1 is 1.22 bits per heavy atom. The molecule has 2 bridgehead atoms. The van der Waals surface area contributed by atoms with Crippen LogP contribution < -0.4 is 15.0 Å². The van der Waals surface area contributed by atoms with Crippen molar-refractivity contribution in [3.8, 4) is 23.2 Å². The fourth-order valence-electron chi connectivity index (χ4n) is 8.72. The predicted molar refractivity (Wildman–Crippen MR) is 202 cm³/mol. The Morgan fingerprint density at radius 2 is 1.96 bits per heavy atom. The molecule has 6 heterocycles. The van der Waals surface area contributed by atoms with E-state index in [1.54, 1.807) is 26.8 Å². The van der Waals surface area contributed by atoms with Gasteiger partial charge in [-0.25, -0.2) is 18.4 Å². The van der Waals surface area contributed by atoms with Crippen molar-refractivity contribution in [3.05, 3.63) is 52.6 Å². The summed E-state index contributed by atoms with van der Waals surface area (Å²) in [6, 6.07) is 5.52. The third-order valence-corrected chi connectivity index (χ3v) is 12.2. The van der Waals surface area contributed by atoms with E-state index < -0.39 is 29.4 Å². The molecule has 54 heavy (non-hydrogen) atoms. The van der Waals surface area contributed by atoms with Gasteiger partial charge in [-0.05, 0) is 77.1 Å². The summed E-state index contributed by atoms with van der Waals surface area (Å²) >= 11 is 7.77. The van der Waals surface area contributed by atoms with Crippen molar-refractivity contribution in [3.63, 3.8) is 0 Å². The smallest absolute Gasteiger partial charge is 0.412 e. The van der Waals surface area contributed by atoms with Gasteiger partial charge in [0.25, 0.3) is 0 Å². The normalized spacial score (nSPS) is 22.6. The van der Waals surface area contributed by atoms with Crippen molar-refractivity contribution in [2.75, 3.05) is 43.0 Å². The molecule has 2 N–H and O–H groups in total. The maximum Gasteiger partial charge on any atom is 0.412 e. The van der Waals surface area contributed by atoms with Gasteiger partial charge in [-0.3, -0.25) is 15.1 Å². The molecule has 0 unspecified atom stereocenters. The van der Waals surface area contributed by atoms with Crippen LogP contribution in [0.25, 0.3) is 32.1 Å². The van der Waals surface area contributed by atoms with Gasteiger partial charge >= 0.3 is 18.2 Å². The monoisotopic (exact) mass is 777 g/mol. The second-order valence-corrected chi connectivity index (χ2v) is 17.0. The summed E-state index contributed by atoms with van der Waals surface area (Å²) in [5, 5.41) is 23.1. The summed E-state index contributed by atoms with van der Waals surface area (Å²) in [6.07, 6.45) is 2.27. The first-order valence-corrected chi connectivity index (χ1v) is 19.0. The van der Waals surface area contributed by atoms with Gasteiger partial charge in [0.1, 0.15) is 40.4 Å². The van der Waals surface area contributed by atoms with E-state index in [0.717, 1.165) is 55.3 Å². The second-order valence-electron chi connectivity index (χ2n) is 15.6. The molecule has 2 amide bonds. The molecular weight excluding hydrogens is 740 g/mol. The van der Waals surface area contributed by atoms with Crippen molar-refractivity contribution < 1.29 is 33.0 Å². The summed E-state index contributed by atoms with van der Waals surface area (Å²) in [7, 11) is 0. The number of rotatable bonds is 6. The number of nitriles is 1. The lowest BCUT2D eigenvalue weighted by Crippen LogP contribution is -2.55. The predicted octanol–water partition coefficient (Wildman–Crippen LogP) is 8.17. The number of benzene rings is 2. The minimum Gasteiger partial charge on any atom is -0.465 e. The molecule has 0 radical (unpaired) electrons. The Kier molecular flexibility index (Phi) is 8.86. The molecular formula is C38H38ClF2N7O5S. The van der Waals surface area contributed by atoms with E-state index in [1.165, 1.54) is 11.0 Å². The van der Waals surface area contributed by atoms with Gasteiger partial charge in [0, 0.05) is 36.0 Å². The molecule has 8 rings (SSSR count). The van der Waals surface area contributed by atoms with Crippen LogP contribution >= 0.6 is 22.9 Å². The fourth-order valence-corrected chi connectivity index (χ4v) is 10.1. The van der Waals surface area contributed by atoms with Gasteiger partial charge in [0.2, 0.25) is 0 Å². The number of amides is 2. The lowest BCUT2D eigenvalue weighted by Gasteiger charge is -2.40. The summed E-state index contributed by atoms with van der Waals surface area (Å²) in [6.45, 7) is 11.9. The van der Waals surface area contributed by atoms with E-state index in [4.69, 9.17) is 26.1 Å². The van der Waals surface area contributed by atoms with Crippen molar-refractivity contribution in [1.29, 1.82) is 5.26 Å². The zero-order valence-corrected chi connectivity index (χ0v) is 31.5. The van der Waals surface area contributed by atoms with Crippen LogP contribution in [0.4, 0.5) is 29.2 Å². The van der Waals surface area contributed by atoms with Crippen LogP contribution in [0.2, 0.25) is 5.02 Å². The lowest BCUT2D eigenvalue weighted by atomic mass is 9.94. The van der Waals surface area contributed by atoms with E-state index in [0.29, 0.717) is 37.1 Å². The Hall–Kier alpha value is -4.78. The van der Waals surface area contributed by atoms with Crippen LogP contribution in [-0.4, -0.2) is 93.1 Å². The zero-order chi connectivity index (χ0) is 38.3. The topological polar surface area (TPSA) is 144 Å². The number of piperazine rings is 1. The molecule has 4 saturated heterocycles. The molecule has 0 aliphatic carbocycles. The highest BCUT2D eigenvalue weighted by Crippen LogP contribution is 2.47. The van der Waals surface area contributed by atoms with Gasteiger partial charge in [-0.15, -0.1) is 11.3 Å². The number of carboxylic acid groups (broad SMARTS) is 1. The first kappa shape index (κ1) is 36.2. The molecule has 16 heteroatoms. The number of hydrogen-bond donors (Lipinski definition) is 2. The Bertz CT molecular complexity index is 2290. The summed E-state index contributed by atoms with van der Waals surface area (Å²) in [4.78, 5) is 40.0. The number of fused-ring (bicyclic) bond motifs is 5. The standard InChI is InChI=1S/C38H38ClF2N7O5S/c1-19-13-38(10-5-11-47(38)15-19)18-52-34-43-30-23(32(44-34)46-16-20-6-7-21(17-46)48(20)36(50)51)12-25(39)28(29(30)41)22-8-9-26(40)31-27(22)24(14-42)33(54-31)45-35(49)53-37(2,3)4/h8-9,12,20-21H,1,5-7,10-11,13,15-18H2,2-4H3,(H,45,49)(H,50,51)/t20-,21+,38-/m1/s1. The largest absolute Gasteiger partial charge is 0.465 e. The van der Waals surface area contributed by atoms with E-state index in [9.17, 15) is 20.0 Å². The third kappa shape index (κ3) is 6.14. The number of carbonyl (C=O) groups is 2. The Balaban J connectivity index is 1.26. The number of aromatic nitrogens is 2. The molecule has 3 atom stereocenters. The number of nitrogens with one attached hydrogen (secondary N) is 1. The van der Waals surface area contributed by atoms with E-state index in [-0.39, 0.29) is 72.6 Å². The number of thiophene rings is 1. The van der Waals surface area contributed by atoms with Crippen LogP contribution in [0.1, 0.15) is 58.4 Å². The van der Waals surface area contributed by atoms with E-state index in [1.807, 2.05) is 4.90 Å². The van der Waals surface area contributed by atoms with Gasteiger partial charge in [-0.1, -0.05) is 29.8 Å². The van der Waals surface area contributed by atoms with Crippen molar-refractivity contribution in [2.45, 2.75) is 76.1 Å². The van der Waals surface area contributed by atoms with Gasteiger partial charge < -0.3 is 19.5 Å². The number of halogens is 3. The number of anilines is 2. The second kappa shape index (κ2) is 13.2. The maximum absolute atomic E-state index is 17.3. The highest BCUT2D eigenvalue weighted by molar-refractivity contribution is 7.23. The number of carbonyl (C=O) groups excluding carboxylic acids is 1. The average molecular weight is 778 g/mol. The van der Waals surface area contributed by atoms with Crippen LogP contribution in [0.15, 0.2) is 30.4 Å². The van der Waals surface area contributed by atoms with Gasteiger partial charge in [-0.2, -0.15) is 15.2 Å². The lowest BCUT2D eigenvalue weighted by molar-refractivity contribution is 0.0636. The quantitative estimate of drug-likeness (QED) is 0.184. The molecule has 4 fully saturated rings. The molecule has 2 aromatic heterocycles. The van der Waals surface area contributed by atoms with Crippen LogP contribution in [0.5, 0.6) is 6.01 Å². The zero-order valence-electron chi connectivity index (χ0n) is 30.0. The molecule has 4 aliphatic rings. The summed E-state index contributed by atoms with van der Waals surface area (Å²) in [5.41, 5.74) is -0.145. The number of hydrogen-bond acceptors (Lipinski definition) is 10. The minimum atomic E-state index is -0.976. The summed E-state index contributed by atoms with van der Waals surface area (Å²) < 4.78 is 44.5. The first-order chi connectivity index (χ1) is 25.7. The maximum atomic E-state index is 17.3. The van der Waals surface area contributed by atoms with Crippen molar-refractivity contribution >= 4 is 66.9 Å². The van der Waals surface area contributed by atoms with Crippen molar-refractivity contribution in [2.24, 2.45) is 0 Å². The number of ether oxygens (including phenoxy) is 2. The average Bonchev–Trinajstić information content (AvgIpc) is 3.82. The van der Waals surface area contributed by atoms with Gasteiger partial charge in [0.15, 0.2) is 5.82 Å². The van der Waals surface area contributed by atoms with Crippen LogP contribution in [0, 0.1) is 23.0 Å². The SMILES string of the molecule is C=C1CN2CCC[C@]2(COc2nc(N3C[C@H]4CC[C@@H](C3)N4C(=O)O)c3cc(Cl)c(-c4ccc(F)c5sc(NC(=O)OC(C)(C)C)c(C#N)c45)c(F)c3n2)C1. The van der Waals surface area contributed by atoms with Gasteiger partial charge in [0.05, 0.1) is 32.9 Å². The Labute approximate surface area is 318 Å². The minimum absolute atomic E-state index is 0.0170. The molecule has 2 aromatic carbocycles. The summed E-state index contributed by atoms with van der Waals surface area (Å²) in [5.74, 6) is -1.14. The van der Waals surface area contributed by atoms with E-state index in [2.05, 4.69) is 27.8 Å². The van der Waals surface area contributed by atoms with Crippen molar-refractivity contribution in [1.82, 2.24) is 19.8 Å². The molecule has 12 nitrogen and oxygen atoms in total. The fraction of sp³-hybridized carbons (Fsp3) is 0.447. The highest BCUT2D eigenvalue weighted by Gasteiger charge is 2.47. The molecule has 0 spiro atoms. The van der Waals surface area contributed by atoms with Crippen LogP contribution in [-0.2, 0) is 4.74 Å². The Morgan fingerprint density at radius 3 is 2.65 bits per heavy atom. The number of nitrogens with zero attached hydrogens (tertiary/aromatic N) is 6. The highest BCUT2D eigenvalue weighted by atomic mass is 35.5. The first-order valence-electron chi connectivity index (χ1n) is 17.8. The molecule has 0 saturated carbocycles. The molecule has 4 aromatic rings. The van der Waals surface area contributed by atoms with E-state index >= 15 is 8.78 Å². The molecule has 4 aliphatic heterocycles.